The Morgan fingerprint density at radius 1 is 1.19 bits per heavy atom. The van der Waals surface area contributed by atoms with Crippen LogP contribution in [0.25, 0.3) is 20.8 Å². The average molecular weight is 499 g/mol. The van der Waals surface area contributed by atoms with Crippen molar-refractivity contribution >= 4 is 40.5 Å². The molecule has 1 aliphatic heterocycles. The number of benzene rings is 2. The van der Waals surface area contributed by atoms with Crippen molar-refractivity contribution < 1.29 is 9.90 Å². The Labute approximate surface area is 215 Å². The van der Waals surface area contributed by atoms with Crippen LogP contribution >= 0.6 is 11.3 Å². The van der Waals surface area contributed by atoms with E-state index >= 15 is 0 Å². The van der Waals surface area contributed by atoms with E-state index in [1.54, 1.807) is 24.6 Å². The number of carboxylic acids is 1. The van der Waals surface area contributed by atoms with Crippen molar-refractivity contribution in [1.29, 1.82) is 0 Å². The quantitative estimate of drug-likeness (QED) is 0.292. The zero-order chi connectivity index (χ0) is 25.7. The predicted molar refractivity (Wildman–Crippen MR) is 150 cm³/mol. The highest BCUT2D eigenvalue weighted by Gasteiger charge is 2.22. The first-order valence-corrected chi connectivity index (χ1v) is 12.6. The van der Waals surface area contributed by atoms with Crippen molar-refractivity contribution in [1.82, 2.24) is 9.88 Å². The van der Waals surface area contributed by atoms with E-state index in [0.717, 1.165) is 40.2 Å². The first-order chi connectivity index (χ1) is 17.4. The number of aliphatic carboxylic acids is 1. The molecule has 0 aliphatic carbocycles. The molecule has 3 aromatic rings. The number of aliphatic imine (C=N–C) groups is 2. The van der Waals surface area contributed by atoms with Gasteiger partial charge in [0.2, 0.25) is 0 Å². The van der Waals surface area contributed by atoms with Gasteiger partial charge in [-0.3, -0.25) is 9.79 Å². The van der Waals surface area contributed by atoms with Crippen LogP contribution in [0.1, 0.15) is 31.4 Å². The normalized spacial score (nSPS) is 14.2. The van der Waals surface area contributed by atoms with E-state index < -0.39 is 5.97 Å². The third kappa shape index (κ3) is 5.52. The molecule has 0 fully saturated rings. The van der Waals surface area contributed by atoms with Gasteiger partial charge in [-0.05, 0) is 67.5 Å². The summed E-state index contributed by atoms with van der Waals surface area (Å²) < 4.78 is 1.17. The molecular formula is C29H30N4O2S. The van der Waals surface area contributed by atoms with Crippen LogP contribution in [-0.4, -0.2) is 47.5 Å². The largest absolute Gasteiger partial charge is 0.481 e. The molecule has 1 N–H and O–H groups in total. The monoisotopic (exact) mass is 498 g/mol. The number of fused-ring (bicyclic) bond motifs is 2. The summed E-state index contributed by atoms with van der Waals surface area (Å²) in [5, 5.41) is 10.5. The van der Waals surface area contributed by atoms with Gasteiger partial charge in [-0.1, -0.05) is 42.0 Å². The minimum absolute atomic E-state index is 0.0992. The van der Waals surface area contributed by atoms with E-state index in [2.05, 4.69) is 45.9 Å². The number of nitrogens with zero attached hydrogens (tertiary/aromatic N) is 4. The van der Waals surface area contributed by atoms with Gasteiger partial charge in [0.05, 0.1) is 16.6 Å². The lowest BCUT2D eigenvalue weighted by atomic mass is 9.95. The molecule has 2 heterocycles. The lowest BCUT2D eigenvalue weighted by molar-refractivity contribution is -0.136. The second-order valence-corrected chi connectivity index (χ2v) is 9.88. The molecule has 0 atom stereocenters. The van der Waals surface area contributed by atoms with E-state index in [-0.39, 0.29) is 6.42 Å². The molecule has 0 spiro atoms. The zero-order valence-electron chi connectivity index (χ0n) is 20.9. The standard InChI is InChI=1S/C29H30N4O2S/c1-19(2)23(17-30-3)21(16-28(34)35)12-13-27(31-4)33-15-14-20-8-7-9-22(24(20)18-33)29-32-25-10-5-6-11-26(25)36-29/h5-13,17H,4,14-16,18H2,1-3H3,(H,34,35)/b21-12+,27-13+,30-17-. The summed E-state index contributed by atoms with van der Waals surface area (Å²) in [6.07, 6.45) is 6.19. The highest BCUT2D eigenvalue weighted by Crippen LogP contribution is 2.36. The Morgan fingerprint density at radius 3 is 2.69 bits per heavy atom. The number of thiazole rings is 1. The van der Waals surface area contributed by atoms with Crippen molar-refractivity contribution in [2.75, 3.05) is 13.6 Å². The fraction of sp³-hybridized carbons (Fsp3) is 0.241. The Bertz CT molecular complexity index is 1390. The second-order valence-electron chi connectivity index (χ2n) is 8.85. The second kappa shape index (κ2) is 11.3. The summed E-state index contributed by atoms with van der Waals surface area (Å²) in [4.78, 5) is 27.1. The van der Waals surface area contributed by atoms with Gasteiger partial charge in [-0.25, -0.2) is 9.98 Å². The average Bonchev–Trinajstić information content (AvgIpc) is 3.30. The van der Waals surface area contributed by atoms with Gasteiger partial charge >= 0.3 is 5.97 Å². The van der Waals surface area contributed by atoms with E-state index in [9.17, 15) is 9.90 Å². The molecule has 36 heavy (non-hydrogen) atoms. The minimum Gasteiger partial charge on any atom is -0.481 e. The molecule has 2 aromatic carbocycles. The Morgan fingerprint density at radius 2 is 2.00 bits per heavy atom. The molecular weight excluding hydrogens is 468 g/mol. The van der Waals surface area contributed by atoms with Crippen molar-refractivity contribution in [3.05, 3.63) is 88.3 Å². The first kappa shape index (κ1) is 25.3. The van der Waals surface area contributed by atoms with E-state index in [0.29, 0.717) is 17.9 Å². The number of rotatable bonds is 8. The number of hydrogen-bond acceptors (Lipinski definition) is 6. The summed E-state index contributed by atoms with van der Waals surface area (Å²) >= 11 is 1.71. The number of aromatic nitrogens is 1. The summed E-state index contributed by atoms with van der Waals surface area (Å²) in [6, 6.07) is 14.6. The Kier molecular flexibility index (Phi) is 7.90. The van der Waals surface area contributed by atoms with Gasteiger partial charge in [0.1, 0.15) is 10.8 Å². The summed E-state index contributed by atoms with van der Waals surface area (Å²) in [7, 11) is 1.68. The maximum atomic E-state index is 11.6. The van der Waals surface area contributed by atoms with Gasteiger partial charge in [-0.15, -0.1) is 11.3 Å². The molecule has 0 saturated heterocycles. The van der Waals surface area contributed by atoms with Crippen LogP contribution < -0.4 is 0 Å². The smallest absolute Gasteiger partial charge is 0.307 e. The lowest BCUT2D eigenvalue weighted by Crippen LogP contribution is -2.29. The maximum Gasteiger partial charge on any atom is 0.307 e. The SMILES string of the molecule is C=N/C(=C\C=C(/CC(=O)O)C(/C=N\C)=C(C)C)N1CCc2cccc(-c3nc4ccccc4s3)c2C1. The highest BCUT2D eigenvalue weighted by atomic mass is 32.1. The van der Waals surface area contributed by atoms with Crippen molar-refractivity contribution in [3.63, 3.8) is 0 Å². The van der Waals surface area contributed by atoms with Crippen LogP contribution in [0.4, 0.5) is 0 Å². The van der Waals surface area contributed by atoms with Gasteiger partial charge in [0.25, 0.3) is 0 Å². The van der Waals surface area contributed by atoms with Gasteiger partial charge in [0.15, 0.2) is 0 Å². The topological polar surface area (TPSA) is 78.1 Å². The van der Waals surface area contributed by atoms with Crippen LogP contribution in [0.5, 0.6) is 0 Å². The highest BCUT2D eigenvalue weighted by molar-refractivity contribution is 7.21. The molecule has 1 aliphatic rings. The van der Waals surface area contributed by atoms with Crippen LogP contribution in [0.2, 0.25) is 0 Å². The van der Waals surface area contributed by atoms with Crippen LogP contribution in [-0.2, 0) is 17.8 Å². The molecule has 4 rings (SSSR count). The van der Waals surface area contributed by atoms with E-state index in [4.69, 9.17) is 4.98 Å². The lowest BCUT2D eigenvalue weighted by Gasteiger charge is -2.31. The van der Waals surface area contributed by atoms with Gasteiger partial charge < -0.3 is 10.0 Å². The number of carboxylic acid groups (broad SMARTS) is 1. The molecule has 0 bridgehead atoms. The van der Waals surface area contributed by atoms with Crippen LogP contribution in [0, 0.1) is 0 Å². The molecule has 184 valence electrons. The number of carbonyl (C=O) groups is 1. The fourth-order valence-corrected chi connectivity index (χ4v) is 5.48. The third-order valence-electron chi connectivity index (χ3n) is 6.20. The molecule has 0 radical (unpaired) electrons. The first-order valence-electron chi connectivity index (χ1n) is 11.8. The minimum atomic E-state index is -0.890. The molecule has 0 amide bonds. The van der Waals surface area contributed by atoms with Gasteiger partial charge in [0, 0.05) is 31.9 Å². The molecule has 0 unspecified atom stereocenters. The number of para-hydroxylation sites is 1. The molecule has 0 saturated carbocycles. The van der Waals surface area contributed by atoms with E-state index in [1.165, 1.54) is 15.8 Å². The molecule has 1 aromatic heterocycles. The van der Waals surface area contributed by atoms with Crippen LogP contribution in [0.15, 0.2) is 87.1 Å². The summed E-state index contributed by atoms with van der Waals surface area (Å²) in [6.45, 7) is 9.19. The van der Waals surface area contributed by atoms with Crippen molar-refractivity contribution in [2.24, 2.45) is 9.98 Å². The molecule has 6 nitrogen and oxygen atoms in total. The van der Waals surface area contributed by atoms with Gasteiger partial charge in [-0.2, -0.15) is 0 Å². The van der Waals surface area contributed by atoms with Crippen LogP contribution in [0.3, 0.4) is 0 Å². The Balaban J connectivity index is 1.69. The summed E-state index contributed by atoms with van der Waals surface area (Å²) in [5.74, 6) is -0.178. The zero-order valence-corrected chi connectivity index (χ0v) is 21.7. The number of hydrogen-bond donors (Lipinski definition) is 1. The fourth-order valence-electron chi connectivity index (χ4n) is 4.47. The van der Waals surface area contributed by atoms with Crippen molar-refractivity contribution in [3.8, 4) is 10.6 Å². The third-order valence-corrected chi connectivity index (χ3v) is 7.27. The predicted octanol–water partition coefficient (Wildman–Crippen LogP) is 6.30. The number of allylic oxidation sites excluding steroid dienone is 4. The maximum absolute atomic E-state index is 11.6. The molecule has 7 heteroatoms. The van der Waals surface area contributed by atoms with E-state index in [1.807, 2.05) is 44.2 Å². The van der Waals surface area contributed by atoms with Crippen molar-refractivity contribution in [2.45, 2.75) is 33.2 Å². The Hall–Kier alpha value is -3.84. The summed E-state index contributed by atoms with van der Waals surface area (Å²) in [5.41, 5.74) is 7.23.